The van der Waals surface area contributed by atoms with Crippen LogP contribution in [-0.4, -0.2) is 37.4 Å². The van der Waals surface area contributed by atoms with E-state index in [9.17, 15) is 13.2 Å². The van der Waals surface area contributed by atoms with Crippen LogP contribution < -0.4 is 5.32 Å². The fourth-order valence-electron chi connectivity index (χ4n) is 3.28. The molecular weight excluding hydrogens is 326 g/mol. The second-order valence-electron chi connectivity index (χ2n) is 6.11. The lowest BCUT2D eigenvalue weighted by Gasteiger charge is -2.27. The Bertz CT molecular complexity index is 899. The predicted octanol–water partition coefficient (Wildman–Crippen LogP) is 1.29. The van der Waals surface area contributed by atoms with Gasteiger partial charge >= 0.3 is 0 Å². The summed E-state index contributed by atoms with van der Waals surface area (Å²) in [5.74, 6) is 0.176. The van der Waals surface area contributed by atoms with Gasteiger partial charge in [-0.2, -0.15) is 0 Å². The minimum atomic E-state index is -3.38. The highest BCUT2D eigenvalue weighted by Gasteiger charge is 2.27. The van der Waals surface area contributed by atoms with Crippen molar-refractivity contribution in [2.24, 2.45) is 4.40 Å². The molecule has 24 heavy (non-hydrogen) atoms. The third kappa shape index (κ3) is 2.75. The molecule has 1 N–H and O–H groups in total. The number of sulfonamides is 1. The minimum Gasteiger partial charge on any atom is -0.345 e. The van der Waals surface area contributed by atoms with Gasteiger partial charge in [0.05, 0.1) is 17.4 Å². The molecule has 2 aliphatic heterocycles. The number of nitrogens with one attached hydrogen (secondary N) is 1. The molecule has 3 aliphatic rings. The summed E-state index contributed by atoms with van der Waals surface area (Å²) in [4.78, 5) is 14.3. The van der Waals surface area contributed by atoms with Gasteiger partial charge in [-0.25, -0.2) is 8.42 Å². The molecule has 1 amide bonds. The minimum absolute atomic E-state index is 0.0276. The second kappa shape index (κ2) is 5.59. The number of benzene rings is 1. The average Bonchev–Trinajstić information content (AvgIpc) is 2.97. The molecule has 0 aromatic heterocycles. The first kappa shape index (κ1) is 15.1. The molecular formula is C17H17N3O3S. The van der Waals surface area contributed by atoms with Gasteiger partial charge in [-0.15, -0.1) is 4.40 Å². The van der Waals surface area contributed by atoms with Crippen molar-refractivity contribution in [2.45, 2.75) is 18.9 Å². The highest BCUT2D eigenvalue weighted by Crippen LogP contribution is 2.31. The van der Waals surface area contributed by atoms with E-state index in [4.69, 9.17) is 0 Å². The Labute approximate surface area is 140 Å². The van der Waals surface area contributed by atoms with E-state index in [0.717, 1.165) is 12.8 Å². The standard InChI is InChI=1S/C17H17N3O3S/c21-17(18-15-7-5-12-3-1-2-4-14(12)15)13-6-8-16-19-24(22,23)10-9-20(16)11-13/h1-4,6,8,11,15H,5,7,9-10H2,(H,18,21)/t15-/m0/s1. The van der Waals surface area contributed by atoms with Gasteiger partial charge in [0.2, 0.25) is 0 Å². The van der Waals surface area contributed by atoms with Crippen LogP contribution in [0.3, 0.4) is 0 Å². The van der Waals surface area contributed by atoms with Crippen LogP contribution in [0, 0.1) is 0 Å². The van der Waals surface area contributed by atoms with Crippen LogP contribution in [0.5, 0.6) is 0 Å². The quantitative estimate of drug-likeness (QED) is 0.878. The predicted molar refractivity (Wildman–Crippen MR) is 90.8 cm³/mol. The maximum Gasteiger partial charge on any atom is 0.256 e. The van der Waals surface area contributed by atoms with Crippen molar-refractivity contribution in [3.63, 3.8) is 0 Å². The molecule has 0 unspecified atom stereocenters. The lowest BCUT2D eigenvalue weighted by molar-refractivity contribution is -0.118. The number of rotatable bonds is 2. The number of hydrogen-bond acceptors (Lipinski definition) is 4. The van der Waals surface area contributed by atoms with Crippen molar-refractivity contribution in [1.82, 2.24) is 10.2 Å². The fraction of sp³-hybridized carbons (Fsp3) is 0.294. The Hall–Kier alpha value is -2.41. The smallest absolute Gasteiger partial charge is 0.256 e. The van der Waals surface area contributed by atoms with Gasteiger partial charge in [0.15, 0.2) is 0 Å². The summed E-state index contributed by atoms with van der Waals surface area (Å²) in [5, 5.41) is 3.07. The summed E-state index contributed by atoms with van der Waals surface area (Å²) in [6.45, 7) is 0.314. The number of carbonyl (C=O) groups is 1. The Kier molecular flexibility index (Phi) is 3.53. The largest absolute Gasteiger partial charge is 0.345 e. The molecule has 7 heteroatoms. The van der Waals surface area contributed by atoms with Crippen LogP contribution in [0.25, 0.3) is 0 Å². The molecule has 1 aliphatic carbocycles. The molecule has 4 rings (SSSR count). The summed E-state index contributed by atoms with van der Waals surface area (Å²) in [6, 6.07) is 8.18. The van der Waals surface area contributed by atoms with E-state index >= 15 is 0 Å². The van der Waals surface area contributed by atoms with Gasteiger partial charge in [-0.3, -0.25) is 4.79 Å². The molecule has 0 fully saturated rings. The number of nitrogens with zero attached hydrogens (tertiary/aromatic N) is 2. The van der Waals surface area contributed by atoms with Crippen LogP contribution in [0.15, 0.2) is 52.6 Å². The zero-order chi connectivity index (χ0) is 16.7. The normalized spacial score (nSPS) is 23.8. The van der Waals surface area contributed by atoms with Crippen molar-refractivity contribution in [2.75, 3.05) is 12.3 Å². The molecule has 1 aromatic rings. The van der Waals surface area contributed by atoms with E-state index in [1.165, 1.54) is 11.1 Å². The van der Waals surface area contributed by atoms with Gasteiger partial charge in [-0.1, -0.05) is 24.3 Å². The fourth-order valence-corrected chi connectivity index (χ4v) is 4.25. The zero-order valence-corrected chi connectivity index (χ0v) is 13.8. The summed E-state index contributed by atoms with van der Waals surface area (Å²) in [5.41, 5.74) is 2.97. The number of fused-ring (bicyclic) bond motifs is 2. The van der Waals surface area contributed by atoms with Crippen molar-refractivity contribution in [1.29, 1.82) is 0 Å². The molecule has 0 spiro atoms. The van der Waals surface area contributed by atoms with E-state index in [1.807, 2.05) is 12.1 Å². The van der Waals surface area contributed by atoms with Crippen LogP contribution in [-0.2, 0) is 21.2 Å². The van der Waals surface area contributed by atoms with E-state index in [1.54, 1.807) is 23.3 Å². The molecule has 0 saturated heterocycles. The average molecular weight is 343 g/mol. The van der Waals surface area contributed by atoms with Gasteiger partial charge in [-0.05, 0) is 36.1 Å². The summed E-state index contributed by atoms with van der Waals surface area (Å²) < 4.78 is 26.8. The molecule has 0 saturated carbocycles. The molecule has 124 valence electrons. The third-order valence-electron chi connectivity index (χ3n) is 4.52. The topological polar surface area (TPSA) is 78.8 Å². The Morgan fingerprint density at radius 3 is 2.96 bits per heavy atom. The van der Waals surface area contributed by atoms with Gasteiger partial charge < -0.3 is 10.2 Å². The van der Waals surface area contributed by atoms with E-state index in [0.29, 0.717) is 18.0 Å². The highest BCUT2D eigenvalue weighted by molar-refractivity contribution is 7.90. The van der Waals surface area contributed by atoms with E-state index < -0.39 is 10.0 Å². The van der Waals surface area contributed by atoms with Gasteiger partial charge in [0.25, 0.3) is 15.9 Å². The molecule has 2 heterocycles. The van der Waals surface area contributed by atoms with Crippen molar-refractivity contribution >= 4 is 21.8 Å². The van der Waals surface area contributed by atoms with E-state index in [-0.39, 0.29) is 17.7 Å². The van der Waals surface area contributed by atoms with Crippen molar-refractivity contribution < 1.29 is 13.2 Å². The third-order valence-corrected chi connectivity index (χ3v) is 5.69. The first-order valence-electron chi connectivity index (χ1n) is 7.90. The number of carbonyl (C=O) groups excluding carboxylic acids is 1. The van der Waals surface area contributed by atoms with Gasteiger partial charge in [0.1, 0.15) is 5.84 Å². The number of hydrogen-bond donors (Lipinski definition) is 1. The van der Waals surface area contributed by atoms with Crippen LogP contribution in [0.1, 0.15) is 23.6 Å². The lowest BCUT2D eigenvalue weighted by Crippen LogP contribution is -2.38. The SMILES string of the molecule is O=C(N[C@H]1CCc2ccccc21)C1=CN2CCS(=O)(=O)N=C2C=C1. The number of aryl methyl sites for hydroxylation is 1. The van der Waals surface area contributed by atoms with Crippen LogP contribution >= 0.6 is 0 Å². The Morgan fingerprint density at radius 1 is 1.25 bits per heavy atom. The van der Waals surface area contributed by atoms with Crippen molar-refractivity contribution in [3.05, 3.63) is 59.3 Å². The number of amidine groups is 1. The maximum atomic E-state index is 12.6. The van der Waals surface area contributed by atoms with E-state index in [2.05, 4.69) is 21.8 Å². The lowest BCUT2D eigenvalue weighted by atomic mass is 10.1. The summed E-state index contributed by atoms with van der Waals surface area (Å²) in [7, 11) is -3.38. The molecule has 1 atom stereocenters. The highest BCUT2D eigenvalue weighted by atomic mass is 32.2. The second-order valence-corrected chi connectivity index (χ2v) is 7.86. The zero-order valence-electron chi connectivity index (χ0n) is 13.0. The molecule has 6 nitrogen and oxygen atoms in total. The van der Waals surface area contributed by atoms with Crippen molar-refractivity contribution in [3.8, 4) is 0 Å². The molecule has 0 radical (unpaired) electrons. The first-order chi connectivity index (χ1) is 11.5. The summed E-state index contributed by atoms with van der Waals surface area (Å²) >= 11 is 0. The Morgan fingerprint density at radius 2 is 2.08 bits per heavy atom. The Balaban J connectivity index is 1.51. The van der Waals surface area contributed by atoms with Crippen LogP contribution in [0.4, 0.5) is 0 Å². The van der Waals surface area contributed by atoms with Gasteiger partial charge in [0, 0.05) is 12.7 Å². The summed E-state index contributed by atoms with van der Waals surface area (Å²) in [6.07, 6.45) is 6.73. The monoisotopic (exact) mass is 343 g/mol. The molecule has 0 bridgehead atoms. The first-order valence-corrected chi connectivity index (χ1v) is 9.51. The molecule has 1 aromatic carbocycles. The maximum absolute atomic E-state index is 12.6. The van der Waals surface area contributed by atoms with Crippen LogP contribution in [0.2, 0.25) is 0 Å². The number of amides is 1.